The molecule has 0 aliphatic heterocycles. The van der Waals surface area contributed by atoms with E-state index in [9.17, 15) is 0 Å². The summed E-state index contributed by atoms with van der Waals surface area (Å²) in [6.45, 7) is 6.70. The summed E-state index contributed by atoms with van der Waals surface area (Å²) >= 11 is 0. The van der Waals surface area contributed by atoms with E-state index >= 15 is 0 Å². The minimum Gasteiger partial charge on any atom is -0.573 e. The van der Waals surface area contributed by atoms with Crippen molar-refractivity contribution in [1.29, 1.82) is 0 Å². The third-order valence-electron chi connectivity index (χ3n) is 10.2. The Kier molecular flexibility index (Phi) is 8.17. The van der Waals surface area contributed by atoms with Crippen LogP contribution in [-0.4, -0.2) is 24.2 Å². The van der Waals surface area contributed by atoms with Gasteiger partial charge in [0.1, 0.15) is 11.5 Å². The average Bonchev–Trinajstić information content (AvgIpc) is 3.88. The number of benzene rings is 5. The molecule has 10 aromatic rings. The van der Waals surface area contributed by atoms with Gasteiger partial charge < -0.3 is 19.3 Å². The molecule has 0 N–H and O–H groups in total. The SMILES string of the molecule is CC(C)(C)c1ccnc(-n2c3[c-]c(-n4c5ccccc5c5ccc(-c6[n-]nc(-c7ccccc7)c6-c6ccccc6)nc54)ccc3c3ccccc32)c1.[Pt+2]. The quantitative estimate of drug-likeness (QED) is 0.162. The van der Waals surface area contributed by atoms with Gasteiger partial charge in [0.25, 0.3) is 0 Å². The van der Waals surface area contributed by atoms with Crippen LogP contribution in [0.1, 0.15) is 26.3 Å². The van der Waals surface area contributed by atoms with E-state index < -0.39 is 0 Å². The second-order valence-corrected chi connectivity index (χ2v) is 14.5. The number of nitrogens with zero attached hydrogens (tertiary/aromatic N) is 6. The van der Waals surface area contributed by atoms with E-state index in [0.717, 1.165) is 89.0 Å². The van der Waals surface area contributed by atoms with Crippen LogP contribution in [-0.2, 0) is 26.5 Å². The molecule has 54 heavy (non-hydrogen) atoms. The summed E-state index contributed by atoms with van der Waals surface area (Å²) in [6.07, 6.45) is 1.91. The largest absolute Gasteiger partial charge is 2.00 e. The van der Waals surface area contributed by atoms with Crippen LogP contribution in [0.5, 0.6) is 0 Å². The molecule has 0 unspecified atom stereocenters. The summed E-state index contributed by atoms with van der Waals surface area (Å²) in [7, 11) is 0. The second-order valence-electron chi connectivity index (χ2n) is 14.5. The summed E-state index contributed by atoms with van der Waals surface area (Å²) in [5.74, 6) is 0.872. The van der Waals surface area contributed by atoms with Gasteiger partial charge in [-0.25, -0.2) is 9.97 Å². The van der Waals surface area contributed by atoms with Crippen molar-refractivity contribution in [3.8, 4) is 45.3 Å². The van der Waals surface area contributed by atoms with E-state index in [1.54, 1.807) is 0 Å². The molecule has 0 bridgehead atoms. The molecular weight excluding hydrogens is 844 g/mol. The Bertz CT molecular complexity index is 2980. The van der Waals surface area contributed by atoms with Crippen molar-refractivity contribution in [1.82, 2.24) is 29.3 Å². The van der Waals surface area contributed by atoms with Crippen molar-refractivity contribution in [2.24, 2.45) is 0 Å². The second kappa shape index (κ2) is 13.1. The van der Waals surface area contributed by atoms with E-state index in [-0.39, 0.29) is 26.5 Å². The van der Waals surface area contributed by atoms with Crippen molar-refractivity contribution in [3.05, 3.63) is 163 Å². The fourth-order valence-electron chi connectivity index (χ4n) is 7.64. The molecule has 0 fully saturated rings. The molecule has 0 saturated carbocycles. The van der Waals surface area contributed by atoms with Crippen LogP contribution in [0.4, 0.5) is 0 Å². The van der Waals surface area contributed by atoms with Gasteiger partial charge in [0.05, 0.1) is 16.9 Å². The molecule has 0 saturated heterocycles. The Morgan fingerprint density at radius 3 is 1.96 bits per heavy atom. The third-order valence-corrected chi connectivity index (χ3v) is 10.2. The van der Waals surface area contributed by atoms with E-state index in [0.29, 0.717) is 0 Å². The Balaban J connectivity index is 0.00000384. The molecule has 6 nitrogen and oxygen atoms in total. The minimum absolute atomic E-state index is 0. The van der Waals surface area contributed by atoms with Crippen molar-refractivity contribution in [2.75, 3.05) is 0 Å². The van der Waals surface area contributed by atoms with Gasteiger partial charge in [-0.05, 0) is 69.5 Å². The fraction of sp³-hybridized carbons (Fsp3) is 0.0851. The van der Waals surface area contributed by atoms with Gasteiger partial charge in [-0.15, -0.1) is 17.5 Å². The predicted octanol–water partition coefficient (Wildman–Crippen LogP) is 11.1. The number of fused-ring (bicyclic) bond motifs is 6. The minimum atomic E-state index is -0.0218. The van der Waals surface area contributed by atoms with Crippen molar-refractivity contribution >= 4 is 43.7 Å². The molecule has 5 aromatic heterocycles. The topological polar surface area (TPSA) is 62.6 Å². The number of hydrogen-bond donors (Lipinski definition) is 0. The van der Waals surface area contributed by atoms with E-state index in [4.69, 9.17) is 20.2 Å². The van der Waals surface area contributed by atoms with Gasteiger partial charge in [-0.2, -0.15) is 6.07 Å². The van der Waals surface area contributed by atoms with Gasteiger partial charge in [0.15, 0.2) is 0 Å². The first kappa shape index (κ1) is 33.7. The van der Waals surface area contributed by atoms with Crippen LogP contribution >= 0.6 is 0 Å². The standard InChI is InChI=1S/C47H34N6.Pt/c1-47(2,3)32-26-27-48-42(28-32)53-40-21-13-10-18-34(40)36-23-22-33(29-41(36)53)52-39-20-12-11-19-35(39)37-24-25-38(49-46(37)52)45-43(30-14-6-4-7-15-30)44(50-51-45)31-16-8-5-9-17-31;/h4-28H,1-3H3;/q-2;+2. The van der Waals surface area contributed by atoms with Crippen LogP contribution in [0.3, 0.4) is 0 Å². The predicted molar refractivity (Wildman–Crippen MR) is 216 cm³/mol. The first-order chi connectivity index (χ1) is 25.9. The van der Waals surface area contributed by atoms with Crippen molar-refractivity contribution in [2.45, 2.75) is 26.2 Å². The van der Waals surface area contributed by atoms with Crippen LogP contribution in [0.25, 0.3) is 89.0 Å². The van der Waals surface area contributed by atoms with Gasteiger partial charge in [-0.3, -0.25) is 0 Å². The Labute approximate surface area is 327 Å². The molecule has 262 valence electrons. The summed E-state index contributed by atoms with van der Waals surface area (Å²) in [5, 5.41) is 14.0. The molecule has 0 radical (unpaired) electrons. The van der Waals surface area contributed by atoms with Gasteiger partial charge in [0.2, 0.25) is 0 Å². The van der Waals surface area contributed by atoms with Crippen molar-refractivity contribution < 1.29 is 21.1 Å². The molecule has 0 atom stereocenters. The maximum Gasteiger partial charge on any atom is 2.00 e. The van der Waals surface area contributed by atoms with Crippen molar-refractivity contribution in [3.63, 3.8) is 0 Å². The number of pyridine rings is 2. The normalized spacial score (nSPS) is 11.8. The molecule has 0 aliphatic rings. The Morgan fingerprint density at radius 2 is 1.24 bits per heavy atom. The van der Waals surface area contributed by atoms with Gasteiger partial charge >= 0.3 is 21.1 Å². The number of aromatic nitrogens is 6. The number of para-hydroxylation sites is 2. The molecule has 0 amide bonds. The first-order valence-electron chi connectivity index (χ1n) is 17.9. The van der Waals surface area contributed by atoms with E-state index in [2.05, 4.69) is 157 Å². The maximum absolute atomic E-state index is 5.42. The molecule has 0 spiro atoms. The van der Waals surface area contributed by atoms with Gasteiger partial charge in [0, 0.05) is 22.5 Å². The molecule has 0 aliphatic carbocycles. The number of rotatable bonds is 5. The Morgan fingerprint density at radius 1 is 0.611 bits per heavy atom. The van der Waals surface area contributed by atoms with E-state index in [1.807, 2.05) is 30.5 Å². The monoisotopic (exact) mass is 877 g/mol. The summed E-state index contributed by atoms with van der Waals surface area (Å²) in [5.41, 5.74) is 11.4. The number of hydrogen-bond acceptors (Lipinski definition) is 3. The van der Waals surface area contributed by atoms with Crippen LogP contribution in [0.2, 0.25) is 0 Å². The zero-order valence-corrected chi connectivity index (χ0v) is 32.2. The van der Waals surface area contributed by atoms with Gasteiger partial charge in [-0.1, -0.05) is 135 Å². The molecular formula is C47H34N6Pt. The zero-order chi connectivity index (χ0) is 35.7. The Hall–Kier alpha value is -6.10. The molecule has 10 rings (SSSR count). The molecule has 5 aromatic carbocycles. The summed E-state index contributed by atoms with van der Waals surface area (Å²) < 4.78 is 4.47. The van der Waals surface area contributed by atoms with E-state index in [1.165, 1.54) is 5.56 Å². The molecule has 5 heterocycles. The summed E-state index contributed by atoms with van der Waals surface area (Å²) in [4.78, 5) is 10.3. The van der Waals surface area contributed by atoms with Crippen LogP contribution in [0, 0.1) is 6.07 Å². The third kappa shape index (κ3) is 5.40. The average molecular weight is 878 g/mol. The maximum atomic E-state index is 5.42. The first-order valence-corrected chi connectivity index (χ1v) is 17.9. The molecule has 7 heteroatoms. The zero-order valence-electron chi connectivity index (χ0n) is 29.9. The fourth-order valence-corrected chi connectivity index (χ4v) is 7.64. The van der Waals surface area contributed by atoms with Crippen LogP contribution in [0.15, 0.2) is 152 Å². The smallest absolute Gasteiger partial charge is 0.573 e. The van der Waals surface area contributed by atoms with Crippen LogP contribution < -0.4 is 5.10 Å². The summed E-state index contributed by atoms with van der Waals surface area (Å²) in [6, 6.07) is 54.4.